The Kier molecular flexibility index (Phi) is 4.93. The molecule has 1 amide bonds. The maximum Gasteiger partial charge on any atom is 0.256 e. The van der Waals surface area contributed by atoms with Crippen LogP contribution in [-0.2, 0) is 6.54 Å². The predicted octanol–water partition coefficient (Wildman–Crippen LogP) is 2.58. The average Bonchev–Trinajstić information content (AvgIpc) is 3.04. The van der Waals surface area contributed by atoms with Crippen LogP contribution in [0.25, 0.3) is 0 Å². The maximum atomic E-state index is 11.9. The zero-order valence-electron chi connectivity index (χ0n) is 14.1. The summed E-state index contributed by atoms with van der Waals surface area (Å²) in [5, 5.41) is 22.4. The van der Waals surface area contributed by atoms with Gasteiger partial charge in [0.15, 0.2) is 5.82 Å². The van der Waals surface area contributed by atoms with E-state index in [2.05, 4.69) is 20.8 Å². The number of aromatic amines is 1. The van der Waals surface area contributed by atoms with Crippen molar-refractivity contribution in [3.8, 4) is 11.5 Å². The van der Waals surface area contributed by atoms with Crippen molar-refractivity contribution in [1.29, 1.82) is 0 Å². The van der Waals surface area contributed by atoms with Gasteiger partial charge in [-0.1, -0.05) is 12.1 Å². The van der Waals surface area contributed by atoms with Crippen LogP contribution in [0.3, 0.4) is 0 Å². The van der Waals surface area contributed by atoms with E-state index in [1.165, 1.54) is 0 Å². The average molecular weight is 353 g/mol. The zero-order chi connectivity index (χ0) is 18.5. The lowest BCUT2D eigenvalue weighted by molar-refractivity contribution is 0.100. The fourth-order valence-corrected chi connectivity index (χ4v) is 2.42. The van der Waals surface area contributed by atoms with Gasteiger partial charge in [-0.05, 0) is 42.0 Å². The molecule has 0 saturated carbocycles. The first-order valence-electron chi connectivity index (χ1n) is 7.88. The SMILES string of the molecule is COc1ccc(Nc2n[nH]c(NCc3ccc(O)cc3)c2C(N)=O)cc1. The number of nitrogens with two attached hydrogens (primary N) is 1. The van der Waals surface area contributed by atoms with Crippen molar-refractivity contribution < 1.29 is 14.6 Å². The number of methoxy groups -OCH3 is 1. The molecule has 26 heavy (non-hydrogen) atoms. The second kappa shape index (κ2) is 7.47. The number of carbonyl (C=O) groups is 1. The normalized spacial score (nSPS) is 10.3. The lowest BCUT2D eigenvalue weighted by atomic mass is 10.2. The lowest BCUT2D eigenvalue weighted by Gasteiger charge is -2.08. The van der Waals surface area contributed by atoms with E-state index >= 15 is 0 Å². The molecular formula is C18H19N5O3. The first-order chi connectivity index (χ1) is 12.6. The van der Waals surface area contributed by atoms with Crippen LogP contribution in [0.15, 0.2) is 48.5 Å². The number of aromatic nitrogens is 2. The van der Waals surface area contributed by atoms with Crippen molar-refractivity contribution in [1.82, 2.24) is 10.2 Å². The molecule has 2 aromatic carbocycles. The van der Waals surface area contributed by atoms with Gasteiger partial charge in [-0.15, -0.1) is 0 Å². The molecule has 0 bridgehead atoms. The highest BCUT2D eigenvalue weighted by Gasteiger charge is 2.18. The minimum Gasteiger partial charge on any atom is -0.508 e. The fourth-order valence-electron chi connectivity index (χ4n) is 2.42. The summed E-state index contributed by atoms with van der Waals surface area (Å²) in [6, 6.07) is 13.9. The van der Waals surface area contributed by atoms with Crippen molar-refractivity contribution >= 4 is 23.2 Å². The topological polar surface area (TPSA) is 125 Å². The van der Waals surface area contributed by atoms with Gasteiger partial charge < -0.3 is 26.2 Å². The number of benzene rings is 2. The third-order valence-corrected chi connectivity index (χ3v) is 3.77. The lowest BCUT2D eigenvalue weighted by Crippen LogP contribution is -2.15. The largest absolute Gasteiger partial charge is 0.508 e. The molecule has 0 aliphatic rings. The number of ether oxygens (including phenoxy) is 1. The first-order valence-corrected chi connectivity index (χ1v) is 7.88. The fraction of sp³-hybridized carbons (Fsp3) is 0.111. The highest BCUT2D eigenvalue weighted by molar-refractivity contribution is 6.03. The maximum absolute atomic E-state index is 11.9. The molecule has 0 spiro atoms. The number of amides is 1. The molecular weight excluding hydrogens is 334 g/mol. The molecule has 0 atom stereocenters. The van der Waals surface area contributed by atoms with Crippen molar-refractivity contribution in [2.45, 2.75) is 6.54 Å². The highest BCUT2D eigenvalue weighted by atomic mass is 16.5. The molecule has 6 N–H and O–H groups in total. The summed E-state index contributed by atoms with van der Waals surface area (Å²) in [5.74, 6) is 1.06. The first kappa shape index (κ1) is 17.2. The molecule has 8 nitrogen and oxygen atoms in total. The third kappa shape index (κ3) is 3.86. The van der Waals surface area contributed by atoms with Gasteiger partial charge >= 0.3 is 0 Å². The highest BCUT2D eigenvalue weighted by Crippen LogP contribution is 2.26. The number of phenols is 1. The number of hydrogen-bond donors (Lipinski definition) is 5. The number of carbonyl (C=O) groups excluding carboxylic acids is 1. The molecule has 1 aromatic heterocycles. The van der Waals surface area contributed by atoms with E-state index in [9.17, 15) is 9.90 Å². The molecule has 0 aliphatic carbocycles. The van der Waals surface area contributed by atoms with Gasteiger partial charge in [0, 0.05) is 12.2 Å². The van der Waals surface area contributed by atoms with Gasteiger partial charge in [0.1, 0.15) is 22.9 Å². The van der Waals surface area contributed by atoms with E-state index in [-0.39, 0.29) is 11.3 Å². The number of aromatic hydroxyl groups is 1. The van der Waals surface area contributed by atoms with Crippen LogP contribution in [-0.4, -0.2) is 28.3 Å². The number of nitrogens with zero attached hydrogens (tertiary/aromatic N) is 1. The number of primary amides is 1. The van der Waals surface area contributed by atoms with Crippen molar-refractivity contribution in [3.63, 3.8) is 0 Å². The monoisotopic (exact) mass is 353 g/mol. The molecule has 1 heterocycles. The Bertz CT molecular complexity index is 888. The van der Waals surface area contributed by atoms with E-state index in [1.54, 1.807) is 43.5 Å². The number of anilines is 3. The Labute approximate surface area is 150 Å². The second-order valence-electron chi connectivity index (χ2n) is 5.56. The van der Waals surface area contributed by atoms with Gasteiger partial charge in [0.05, 0.1) is 7.11 Å². The molecule has 0 unspecified atom stereocenters. The molecule has 0 fully saturated rings. The van der Waals surface area contributed by atoms with Crippen LogP contribution in [0, 0.1) is 0 Å². The van der Waals surface area contributed by atoms with Crippen LogP contribution >= 0.6 is 0 Å². The Hall–Kier alpha value is -3.68. The Balaban J connectivity index is 1.76. The van der Waals surface area contributed by atoms with E-state index < -0.39 is 5.91 Å². The number of rotatable bonds is 7. The van der Waals surface area contributed by atoms with Gasteiger partial charge in [0.25, 0.3) is 5.91 Å². The molecule has 8 heteroatoms. The summed E-state index contributed by atoms with van der Waals surface area (Å²) in [6.07, 6.45) is 0. The van der Waals surface area contributed by atoms with Crippen LogP contribution in [0.4, 0.5) is 17.3 Å². The van der Waals surface area contributed by atoms with E-state index in [4.69, 9.17) is 10.5 Å². The summed E-state index contributed by atoms with van der Waals surface area (Å²) in [7, 11) is 1.59. The molecule has 0 radical (unpaired) electrons. The van der Waals surface area contributed by atoms with Crippen molar-refractivity contribution in [3.05, 3.63) is 59.7 Å². The Morgan fingerprint density at radius 1 is 1.19 bits per heavy atom. The van der Waals surface area contributed by atoms with Crippen LogP contribution in [0.5, 0.6) is 11.5 Å². The quantitative estimate of drug-likeness (QED) is 0.444. The van der Waals surface area contributed by atoms with E-state index in [0.717, 1.165) is 17.0 Å². The standard InChI is InChI=1S/C18H19N5O3/c1-26-14-8-4-12(5-9-14)21-18-15(16(19)25)17(22-23-18)20-10-11-2-6-13(24)7-3-11/h2-9,24H,10H2,1H3,(H2,19,25)(H3,20,21,22,23). The van der Waals surface area contributed by atoms with Gasteiger partial charge in [-0.2, -0.15) is 5.10 Å². The van der Waals surface area contributed by atoms with Crippen LogP contribution in [0.2, 0.25) is 0 Å². The molecule has 3 aromatic rings. The molecule has 0 aliphatic heterocycles. The molecule has 3 rings (SSSR count). The molecule has 134 valence electrons. The number of phenolic OH excluding ortho intramolecular Hbond substituents is 1. The summed E-state index contributed by atoms with van der Waals surface area (Å²) in [5.41, 5.74) is 7.42. The minimum atomic E-state index is -0.608. The second-order valence-corrected chi connectivity index (χ2v) is 5.56. The van der Waals surface area contributed by atoms with Crippen LogP contribution < -0.4 is 21.1 Å². The number of nitrogens with one attached hydrogen (secondary N) is 3. The summed E-state index contributed by atoms with van der Waals surface area (Å²) >= 11 is 0. The van der Waals surface area contributed by atoms with Gasteiger partial charge in [-0.3, -0.25) is 9.89 Å². The molecule has 0 saturated heterocycles. The zero-order valence-corrected chi connectivity index (χ0v) is 14.1. The van der Waals surface area contributed by atoms with E-state index in [0.29, 0.717) is 18.2 Å². The van der Waals surface area contributed by atoms with Crippen molar-refractivity contribution in [2.24, 2.45) is 5.73 Å². The van der Waals surface area contributed by atoms with Crippen molar-refractivity contribution in [2.75, 3.05) is 17.7 Å². The predicted molar refractivity (Wildman–Crippen MR) is 98.8 cm³/mol. The third-order valence-electron chi connectivity index (χ3n) is 3.77. The summed E-state index contributed by atoms with van der Waals surface area (Å²) in [6.45, 7) is 0.435. The van der Waals surface area contributed by atoms with Gasteiger partial charge in [-0.25, -0.2) is 0 Å². The Morgan fingerprint density at radius 3 is 2.50 bits per heavy atom. The smallest absolute Gasteiger partial charge is 0.256 e. The number of H-pyrrole nitrogens is 1. The summed E-state index contributed by atoms with van der Waals surface area (Å²) in [4.78, 5) is 11.9. The summed E-state index contributed by atoms with van der Waals surface area (Å²) < 4.78 is 5.12. The van der Waals surface area contributed by atoms with Crippen LogP contribution in [0.1, 0.15) is 15.9 Å². The minimum absolute atomic E-state index is 0.194. The Morgan fingerprint density at radius 2 is 1.88 bits per heavy atom. The number of hydrogen-bond acceptors (Lipinski definition) is 6. The van der Waals surface area contributed by atoms with Gasteiger partial charge in [0.2, 0.25) is 0 Å². The van der Waals surface area contributed by atoms with E-state index in [1.807, 2.05) is 12.1 Å².